The quantitative estimate of drug-likeness (QED) is 0.325. The number of sulfonamides is 1. The second-order valence-electron chi connectivity index (χ2n) is 3.23. The molecule has 1 rings (SSSR count). The summed E-state index contributed by atoms with van der Waals surface area (Å²) < 4.78 is 56.0. The van der Waals surface area contributed by atoms with E-state index in [9.17, 15) is 21.4 Å². The third-order valence-corrected chi connectivity index (χ3v) is 4.02. The zero-order chi connectivity index (χ0) is 13.1. The first-order chi connectivity index (χ1) is 7.71. The summed E-state index contributed by atoms with van der Waals surface area (Å²) in [7, 11) is -8.24. The molecule has 3 N–H and O–H groups in total. The molecule has 7 nitrogen and oxygen atoms in total. The van der Waals surface area contributed by atoms with Crippen LogP contribution in [0.3, 0.4) is 0 Å². The molecule has 0 bridgehead atoms. The number of hydrogen-bond acceptors (Lipinski definition) is 6. The molecule has 18 heavy (non-hydrogen) atoms. The standard InChI is InChI=1S/C8H12N2O5S2.Na/c9-7-1-3-8(4-2-7)17(14,15)10-5-6-16(11,12)13;/h1-4,10H,5-6,9H2,(H,11,12,13);/q;+1/p-1. The number of nitrogens with one attached hydrogen (secondary N) is 1. The Labute approximate surface area is 128 Å². The maximum absolute atomic E-state index is 11.6. The summed E-state index contributed by atoms with van der Waals surface area (Å²) in [6.07, 6.45) is 0. The van der Waals surface area contributed by atoms with Crippen LogP contribution in [-0.2, 0) is 20.1 Å². The second-order valence-corrected chi connectivity index (χ2v) is 6.52. The molecule has 0 heterocycles. The zero-order valence-electron chi connectivity index (χ0n) is 9.66. The van der Waals surface area contributed by atoms with Gasteiger partial charge < -0.3 is 10.3 Å². The van der Waals surface area contributed by atoms with Crippen LogP contribution < -0.4 is 40.0 Å². The van der Waals surface area contributed by atoms with E-state index >= 15 is 0 Å². The summed E-state index contributed by atoms with van der Waals surface area (Å²) in [6.45, 7) is -0.460. The van der Waals surface area contributed by atoms with E-state index in [1.807, 2.05) is 4.72 Å². The van der Waals surface area contributed by atoms with Gasteiger partial charge in [-0.25, -0.2) is 21.6 Å². The van der Waals surface area contributed by atoms with Crippen molar-refractivity contribution in [2.24, 2.45) is 0 Å². The third-order valence-electron chi connectivity index (χ3n) is 1.83. The van der Waals surface area contributed by atoms with Crippen LogP contribution in [-0.4, -0.2) is 33.7 Å². The first kappa shape index (κ1) is 17.8. The van der Waals surface area contributed by atoms with Crippen molar-refractivity contribution in [2.75, 3.05) is 18.0 Å². The topological polar surface area (TPSA) is 129 Å². The molecule has 10 heteroatoms. The van der Waals surface area contributed by atoms with Gasteiger partial charge in [-0.05, 0) is 24.3 Å². The molecule has 0 aliphatic heterocycles. The SMILES string of the molecule is Nc1ccc(S(=O)(=O)NCCS(=O)(=O)[O-])cc1.[Na+]. The van der Waals surface area contributed by atoms with E-state index in [-0.39, 0.29) is 34.5 Å². The molecule has 0 fully saturated rings. The van der Waals surface area contributed by atoms with Crippen molar-refractivity contribution in [3.63, 3.8) is 0 Å². The Morgan fingerprint density at radius 2 is 1.61 bits per heavy atom. The minimum atomic E-state index is -4.43. The third kappa shape index (κ3) is 6.14. The second kappa shape index (κ2) is 6.85. The number of benzene rings is 1. The van der Waals surface area contributed by atoms with Crippen molar-refractivity contribution in [1.29, 1.82) is 0 Å². The molecule has 0 saturated carbocycles. The summed E-state index contributed by atoms with van der Waals surface area (Å²) in [5.41, 5.74) is 5.80. The van der Waals surface area contributed by atoms with Crippen LogP contribution >= 0.6 is 0 Å². The molecular formula is C8H11N2NaO5S2. The smallest absolute Gasteiger partial charge is 0.748 e. The molecule has 1 aromatic rings. The van der Waals surface area contributed by atoms with E-state index in [1.54, 1.807) is 0 Å². The average molecular weight is 302 g/mol. The first-order valence-electron chi connectivity index (χ1n) is 4.49. The summed E-state index contributed by atoms with van der Waals surface area (Å²) in [5.74, 6) is -0.790. The van der Waals surface area contributed by atoms with E-state index < -0.39 is 32.4 Å². The van der Waals surface area contributed by atoms with Crippen LogP contribution in [0.4, 0.5) is 5.69 Å². The number of rotatable bonds is 5. The van der Waals surface area contributed by atoms with E-state index in [1.165, 1.54) is 24.3 Å². The van der Waals surface area contributed by atoms with Gasteiger partial charge in [0.1, 0.15) is 0 Å². The Hall–Kier alpha value is -0.160. The Balaban J connectivity index is 0.00000289. The first-order valence-corrected chi connectivity index (χ1v) is 7.55. The molecule has 0 atom stereocenters. The van der Waals surface area contributed by atoms with Gasteiger partial charge in [0.2, 0.25) is 10.0 Å². The minimum absolute atomic E-state index is 0. The number of nitrogen functional groups attached to an aromatic ring is 1. The molecule has 96 valence electrons. The summed E-state index contributed by atoms with van der Waals surface area (Å²) >= 11 is 0. The van der Waals surface area contributed by atoms with E-state index in [0.717, 1.165) is 0 Å². The van der Waals surface area contributed by atoms with Gasteiger partial charge in [0, 0.05) is 12.2 Å². The fourth-order valence-corrected chi connectivity index (χ4v) is 2.54. The summed E-state index contributed by atoms with van der Waals surface area (Å²) in [5, 5.41) is 0. The van der Waals surface area contributed by atoms with Crippen molar-refractivity contribution in [2.45, 2.75) is 4.90 Å². The molecule has 0 amide bonds. The van der Waals surface area contributed by atoms with Crippen molar-refractivity contribution < 1.29 is 50.9 Å². The van der Waals surface area contributed by atoms with E-state index in [4.69, 9.17) is 5.73 Å². The number of anilines is 1. The van der Waals surface area contributed by atoms with Crippen molar-refractivity contribution in [1.82, 2.24) is 4.72 Å². The zero-order valence-corrected chi connectivity index (χ0v) is 13.3. The molecule has 0 spiro atoms. The van der Waals surface area contributed by atoms with E-state index in [0.29, 0.717) is 5.69 Å². The molecule has 0 saturated heterocycles. The normalized spacial score (nSPS) is 11.8. The van der Waals surface area contributed by atoms with Gasteiger partial charge in [0.25, 0.3) is 0 Å². The van der Waals surface area contributed by atoms with E-state index in [2.05, 4.69) is 0 Å². The fourth-order valence-electron chi connectivity index (χ4n) is 1.03. The number of hydrogen-bond donors (Lipinski definition) is 2. The molecule has 0 aliphatic rings. The van der Waals surface area contributed by atoms with Crippen molar-refractivity contribution in [3.05, 3.63) is 24.3 Å². The van der Waals surface area contributed by atoms with Crippen LogP contribution in [0.5, 0.6) is 0 Å². The monoisotopic (exact) mass is 302 g/mol. The van der Waals surface area contributed by atoms with Gasteiger partial charge in [-0.3, -0.25) is 0 Å². The largest absolute Gasteiger partial charge is 1.00 e. The predicted octanol–water partition coefficient (Wildman–Crippen LogP) is -3.90. The Kier molecular flexibility index (Phi) is 6.79. The molecule has 0 aromatic heterocycles. The van der Waals surface area contributed by atoms with Crippen molar-refractivity contribution >= 4 is 25.8 Å². The average Bonchev–Trinajstić information content (AvgIpc) is 2.15. The van der Waals surface area contributed by atoms with Crippen molar-refractivity contribution in [3.8, 4) is 0 Å². The van der Waals surface area contributed by atoms with Gasteiger partial charge >= 0.3 is 29.6 Å². The fraction of sp³-hybridized carbons (Fsp3) is 0.250. The van der Waals surface area contributed by atoms with Crippen LogP contribution in [0.2, 0.25) is 0 Å². The number of nitrogens with two attached hydrogens (primary N) is 1. The van der Waals surface area contributed by atoms with Gasteiger partial charge in [-0.15, -0.1) is 0 Å². The van der Waals surface area contributed by atoms with Gasteiger partial charge in [-0.2, -0.15) is 0 Å². The van der Waals surface area contributed by atoms with Crippen LogP contribution in [0.25, 0.3) is 0 Å². The maximum Gasteiger partial charge on any atom is 1.00 e. The van der Waals surface area contributed by atoms with Crippen LogP contribution in [0, 0.1) is 0 Å². The molecule has 0 unspecified atom stereocenters. The molecule has 1 aromatic carbocycles. The Morgan fingerprint density at radius 3 is 2.06 bits per heavy atom. The maximum atomic E-state index is 11.6. The Morgan fingerprint density at radius 1 is 1.11 bits per heavy atom. The minimum Gasteiger partial charge on any atom is -0.748 e. The molecule has 0 radical (unpaired) electrons. The summed E-state index contributed by atoms with van der Waals surface area (Å²) in [6, 6.07) is 5.37. The van der Waals surface area contributed by atoms with Gasteiger partial charge in [0.15, 0.2) is 0 Å². The van der Waals surface area contributed by atoms with Crippen LogP contribution in [0.1, 0.15) is 0 Å². The molecular weight excluding hydrogens is 291 g/mol. The van der Waals surface area contributed by atoms with Gasteiger partial charge in [0.05, 0.1) is 20.8 Å². The Bertz CT molecular complexity index is 582. The predicted molar refractivity (Wildman–Crippen MR) is 60.6 cm³/mol. The van der Waals surface area contributed by atoms with Crippen LogP contribution in [0.15, 0.2) is 29.2 Å². The van der Waals surface area contributed by atoms with Gasteiger partial charge in [-0.1, -0.05) is 0 Å². The molecule has 0 aliphatic carbocycles. The summed E-state index contributed by atoms with van der Waals surface area (Å²) in [4.78, 5) is -0.0463.